The summed E-state index contributed by atoms with van der Waals surface area (Å²) in [6.07, 6.45) is 0. The molecule has 0 atom stereocenters. The third-order valence-corrected chi connectivity index (χ3v) is 15.0. The van der Waals surface area contributed by atoms with Crippen LogP contribution in [-0.4, -0.2) is 24.1 Å². The molecule has 0 aliphatic rings. The lowest BCUT2D eigenvalue weighted by Gasteiger charge is -2.16. The minimum atomic E-state index is 0.560. The maximum atomic E-state index is 5.36. The van der Waals surface area contributed by atoms with Gasteiger partial charge in [0.1, 0.15) is 0 Å². The van der Waals surface area contributed by atoms with Crippen LogP contribution in [0, 0.1) is 0 Å². The highest BCUT2D eigenvalue weighted by Crippen LogP contribution is 2.45. The van der Waals surface area contributed by atoms with E-state index in [0.717, 1.165) is 66.3 Å². The molecule has 344 valence electrons. The van der Waals surface area contributed by atoms with Crippen molar-refractivity contribution in [2.75, 3.05) is 0 Å². The smallest absolute Gasteiger partial charge is 0.238 e. The highest BCUT2D eigenvalue weighted by atomic mass is 15.2. The van der Waals surface area contributed by atoms with E-state index in [1.54, 1.807) is 0 Å². The summed E-state index contributed by atoms with van der Waals surface area (Å²) in [5, 5.41) is 12.2. The fourth-order valence-electron chi connectivity index (χ4n) is 11.6. The second kappa shape index (κ2) is 16.8. The first-order valence-corrected chi connectivity index (χ1v) is 25.2. The van der Waals surface area contributed by atoms with Crippen LogP contribution in [0.3, 0.4) is 0 Å². The van der Waals surface area contributed by atoms with Gasteiger partial charge in [0.25, 0.3) is 0 Å². The van der Waals surface area contributed by atoms with Crippen molar-refractivity contribution in [3.8, 4) is 67.8 Å². The zero-order valence-corrected chi connectivity index (χ0v) is 40.1. The normalized spacial score (nSPS) is 11.8. The SMILES string of the molecule is c1ccc(-c2cccc(-c3ccc(-c4nc(-c5ccccc5)nc(-n5c6ccccc6c6c7c8ccccc8n(-c8ccccc8-c8ccc9c%10ccccc%10c%10ccccc%10c9c8)c7ccc65)n4)cc3)c2)cc1. The van der Waals surface area contributed by atoms with E-state index in [1.165, 1.54) is 59.8 Å². The van der Waals surface area contributed by atoms with Crippen molar-refractivity contribution in [2.24, 2.45) is 0 Å². The van der Waals surface area contributed by atoms with E-state index in [4.69, 9.17) is 15.0 Å². The highest BCUT2D eigenvalue weighted by Gasteiger charge is 2.24. The summed E-state index contributed by atoms with van der Waals surface area (Å²) in [4.78, 5) is 15.8. The molecule has 0 saturated heterocycles. The Hall–Kier alpha value is -9.97. The lowest BCUT2D eigenvalue weighted by atomic mass is 9.92. The third kappa shape index (κ3) is 6.60. The van der Waals surface area contributed by atoms with Crippen LogP contribution >= 0.6 is 0 Å². The summed E-state index contributed by atoms with van der Waals surface area (Å²) in [5.74, 6) is 1.78. The quantitative estimate of drug-likeness (QED) is 0.150. The number of fused-ring (bicyclic) bond motifs is 13. The van der Waals surface area contributed by atoms with Gasteiger partial charge in [-0.1, -0.05) is 218 Å². The van der Waals surface area contributed by atoms with Gasteiger partial charge < -0.3 is 4.57 Å². The van der Waals surface area contributed by atoms with Gasteiger partial charge in [-0.15, -0.1) is 0 Å². The van der Waals surface area contributed by atoms with Crippen LogP contribution in [0.5, 0.6) is 0 Å². The van der Waals surface area contributed by atoms with Crippen molar-refractivity contribution in [2.45, 2.75) is 0 Å². The van der Waals surface area contributed by atoms with Crippen molar-refractivity contribution in [3.63, 3.8) is 0 Å². The summed E-state index contributed by atoms with van der Waals surface area (Å²) in [5.41, 5.74) is 14.2. The van der Waals surface area contributed by atoms with Crippen LogP contribution in [0.25, 0.3) is 144 Å². The average Bonchev–Trinajstić information content (AvgIpc) is 4.01. The molecule has 0 amide bonds. The average molecular weight is 942 g/mol. The van der Waals surface area contributed by atoms with Crippen LogP contribution in [0.2, 0.25) is 0 Å². The number of nitrogens with zero attached hydrogens (tertiary/aromatic N) is 5. The molecule has 0 aliphatic carbocycles. The zero-order chi connectivity index (χ0) is 48.7. The van der Waals surface area contributed by atoms with E-state index in [0.29, 0.717) is 17.6 Å². The Labute approximate surface area is 426 Å². The molecule has 0 N–H and O–H groups in total. The second-order valence-corrected chi connectivity index (χ2v) is 19.1. The minimum absolute atomic E-state index is 0.560. The molecule has 0 spiro atoms. The molecule has 15 rings (SSSR count). The molecule has 0 radical (unpaired) electrons. The number of aromatic nitrogens is 5. The Balaban J connectivity index is 0.915. The second-order valence-electron chi connectivity index (χ2n) is 19.1. The molecule has 15 aromatic rings. The molecule has 12 aromatic carbocycles. The van der Waals surface area contributed by atoms with Gasteiger partial charge in [-0.2, -0.15) is 9.97 Å². The van der Waals surface area contributed by atoms with E-state index < -0.39 is 0 Å². The molecule has 0 saturated carbocycles. The van der Waals surface area contributed by atoms with E-state index in [-0.39, 0.29) is 0 Å². The fraction of sp³-hybridized carbons (Fsp3) is 0. The Morgan fingerprint density at radius 2 is 0.649 bits per heavy atom. The lowest BCUT2D eigenvalue weighted by molar-refractivity contribution is 0.953. The predicted molar refractivity (Wildman–Crippen MR) is 308 cm³/mol. The molecule has 5 heteroatoms. The van der Waals surface area contributed by atoms with Crippen molar-refractivity contribution in [1.29, 1.82) is 0 Å². The fourth-order valence-corrected chi connectivity index (χ4v) is 11.6. The van der Waals surface area contributed by atoms with E-state index >= 15 is 0 Å². The third-order valence-electron chi connectivity index (χ3n) is 15.0. The Kier molecular flexibility index (Phi) is 9.50. The summed E-state index contributed by atoms with van der Waals surface area (Å²) in [6.45, 7) is 0. The van der Waals surface area contributed by atoms with Crippen molar-refractivity contribution in [1.82, 2.24) is 24.1 Å². The Morgan fingerprint density at radius 3 is 1.27 bits per heavy atom. The van der Waals surface area contributed by atoms with E-state index in [1.807, 2.05) is 18.2 Å². The van der Waals surface area contributed by atoms with Gasteiger partial charge >= 0.3 is 0 Å². The first-order chi connectivity index (χ1) is 36.7. The molecule has 74 heavy (non-hydrogen) atoms. The van der Waals surface area contributed by atoms with Crippen molar-refractivity contribution < 1.29 is 0 Å². The molecule has 0 bridgehead atoms. The monoisotopic (exact) mass is 941 g/mol. The van der Waals surface area contributed by atoms with Crippen LogP contribution in [0.4, 0.5) is 0 Å². The van der Waals surface area contributed by atoms with Gasteiger partial charge in [-0.25, -0.2) is 4.98 Å². The molecule has 0 aliphatic heterocycles. The van der Waals surface area contributed by atoms with Gasteiger partial charge in [-0.05, 0) is 103 Å². The Morgan fingerprint density at radius 1 is 0.230 bits per heavy atom. The predicted octanol–water partition coefficient (Wildman–Crippen LogP) is 17.9. The standard InChI is InChI=1S/C69H43N5/c1-3-18-44(19-4-1)48-22-17-23-49(42-48)45-34-36-47(37-35-45)68-70-67(46-20-5-2-6-21-46)71-69(72-68)74-62-33-16-13-30-58(62)66-64(74)41-40-63-65(66)57-29-12-15-32-61(57)73(63)60-31-14-11-24-51(60)50-38-39-56-54-27-8-7-25-52(54)53-26-9-10-28-55(53)59(56)43-50/h1-43H. The highest BCUT2D eigenvalue weighted by molar-refractivity contribution is 6.29. The topological polar surface area (TPSA) is 48.5 Å². The summed E-state index contributed by atoms with van der Waals surface area (Å²) in [7, 11) is 0. The van der Waals surface area contributed by atoms with Gasteiger partial charge in [0, 0.05) is 38.2 Å². The first kappa shape index (κ1) is 41.8. The van der Waals surface area contributed by atoms with Gasteiger partial charge in [0.2, 0.25) is 5.95 Å². The van der Waals surface area contributed by atoms with Crippen molar-refractivity contribution in [3.05, 3.63) is 261 Å². The number of hydrogen-bond acceptors (Lipinski definition) is 3. The Bertz CT molecular complexity index is 4670. The zero-order valence-electron chi connectivity index (χ0n) is 40.1. The van der Waals surface area contributed by atoms with Crippen LogP contribution in [0.15, 0.2) is 261 Å². The molecular formula is C69H43N5. The molecular weight excluding hydrogens is 899 g/mol. The van der Waals surface area contributed by atoms with Gasteiger partial charge in [-0.3, -0.25) is 4.57 Å². The summed E-state index contributed by atoms with van der Waals surface area (Å²) in [6, 6.07) is 93.5. The molecule has 0 fully saturated rings. The molecule has 0 unspecified atom stereocenters. The minimum Gasteiger partial charge on any atom is -0.309 e. The lowest BCUT2D eigenvalue weighted by Crippen LogP contribution is -2.06. The first-order valence-electron chi connectivity index (χ1n) is 25.2. The van der Waals surface area contributed by atoms with E-state index in [2.05, 4.69) is 252 Å². The largest absolute Gasteiger partial charge is 0.309 e. The van der Waals surface area contributed by atoms with Crippen LogP contribution < -0.4 is 0 Å². The van der Waals surface area contributed by atoms with Crippen molar-refractivity contribution >= 4 is 75.9 Å². The maximum absolute atomic E-state index is 5.36. The van der Waals surface area contributed by atoms with Gasteiger partial charge in [0.15, 0.2) is 11.6 Å². The number of benzene rings is 12. The number of para-hydroxylation sites is 3. The molecule has 5 nitrogen and oxygen atoms in total. The molecule has 3 heterocycles. The number of hydrogen-bond donors (Lipinski definition) is 0. The van der Waals surface area contributed by atoms with E-state index in [9.17, 15) is 0 Å². The van der Waals surface area contributed by atoms with Gasteiger partial charge in [0.05, 0.1) is 27.8 Å². The maximum Gasteiger partial charge on any atom is 0.238 e. The van der Waals surface area contributed by atoms with Crippen LogP contribution in [0.1, 0.15) is 0 Å². The number of rotatable bonds is 7. The summed E-state index contributed by atoms with van der Waals surface area (Å²) >= 11 is 0. The summed E-state index contributed by atoms with van der Waals surface area (Å²) < 4.78 is 4.69. The molecule has 3 aromatic heterocycles. The van der Waals surface area contributed by atoms with Crippen LogP contribution in [-0.2, 0) is 0 Å².